The first-order chi connectivity index (χ1) is 15.9. The summed E-state index contributed by atoms with van der Waals surface area (Å²) in [7, 11) is -2.09. The van der Waals surface area contributed by atoms with E-state index in [1.54, 1.807) is 24.3 Å². The van der Waals surface area contributed by atoms with Gasteiger partial charge in [0.1, 0.15) is 5.58 Å². The van der Waals surface area contributed by atoms with Crippen molar-refractivity contribution in [1.29, 1.82) is 0 Å². The minimum atomic E-state index is -4.12. The van der Waals surface area contributed by atoms with Crippen LogP contribution in [0.3, 0.4) is 0 Å². The number of benzene rings is 3. The van der Waals surface area contributed by atoms with Crippen LogP contribution in [-0.2, 0) is 10.0 Å². The molecule has 0 radical (unpaired) electrons. The molecule has 1 aromatic heterocycles. The molecule has 6 nitrogen and oxygen atoms in total. The fourth-order valence-electron chi connectivity index (χ4n) is 3.95. The predicted octanol–water partition coefficient (Wildman–Crippen LogP) is 5.06. The highest BCUT2D eigenvalue weighted by Gasteiger charge is 2.25. The van der Waals surface area contributed by atoms with Crippen LogP contribution in [0.5, 0.6) is 0 Å². The second-order valence-electron chi connectivity index (χ2n) is 8.45. The molecule has 1 N–H and O–H groups in total. The lowest BCUT2D eigenvalue weighted by atomic mass is 10.1. The van der Waals surface area contributed by atoms with Gasteiger partial charge in [-0.2, -0.15) is 0 Å². The lowest BCUT2D eigenvalue weighted by Crippen LogP contribution is -2.30. The Hall–Kier alpha value is -3.58. The summed E-state index contributed by atoms with van der Waals surface area (Å²) in [5.41, 5.74) is 2.81. The van der Waals surface area contributed by atoms with Crippen LogP contribution in [0.15, 0.2) is 88.2 Å². The first-order valence-corrected chi connectivity index (χ1v) is 12.4. The van der Waals surface area contributed by atoms with Gasteiger partial charge in [-0.15, -0.1) is 0 Å². The van der Waals surface area contributed by atoms with Gasteiger partial charge in [-0.25, -0.2) is 13.1 Å². The van der Waals surface area contributed by atoms with Crippen molar-refractivity contribution in [2.75, 3.05) is 18.5 Å². The van der Waals surface area contributed by atoms with Crippen molar-refractivity contribution in [3.8, 4) is 11.1 Å². The smallest absolute Gasteiger partial charge is 0.300 e. The number of rotatable bonds is 7. The van der Waals surface area contributed by atoms with Crippen molar-refractivity contribution >= 4 is 32.6 Å². The minimum absolute atomic E-state index is 0.0321. The molecule has 4 aromatic rings. The summed E-state index contributed by atoms with van der Waals surface area (Å²) >= 11 is 0. The van der Waals surface area contributed by atoms with Crippen molar-refractivity contribution in [2.24, 2.45) is 5.92 Å². The van der Waals surface area contributed by atoms with Crippen LogP contribution in [0, 0.1) is 5.92 Å². The average Bonchev–Trinajstić information content (AvgIpc) is 3.53. The molecule has 5 rings (SSSR count). The van der Waals surface area contributed by atoms with Crippen molar-refractivity contribution in [2.45, 2.75) is 17.7 Å². The third-order valence-corrected chi connectivity index (χ3v) is 7.27. The first kappa shape index (κ1) is 21.3. The Morgan fingerprint density at radius 2 is 1.73 bits per heavy atom. The molecule has 1 fully saturated rings. The van der Waals surface area contributed by atoms with E-state index in [0.29, 0.717) is 11.1 Å². The van der Waals surface area contributed by atoms with Crippen molar-refractivity contribution in [3.63, 3.8) is 0 Å². The molecule has 0 saturated heterocycles. The quantitative estimate of drug-likeness (QED) is 0.417. The Labute approximate surface area is 192 Å². The molecule has 1 aliphatic carbocycles. The van der Waals surface area contributed by atoms with E-state index in [4.69, 9.17) is 4.42 Å². The fourth-order valence-corrected chi connectivity index (χ4v) is 5.13. The van der Waals surface area contributed by atoms with Gasteiger partial charge in [0.25, 0.3) is 10.0 Å². The van der Waals surface area contributed by atoms with E-state index in [9.17, 15) is 13.2 Å². The SMILES string of the molecule is CN(CC1CC1)c1ccc2cc(C(=O)NS(=O)(=O)c3ccccc3-c3ccccc3)oc2c1. The third-order valence-electron chi connectivity index (χ3n) is 5.89. The van der Waals surface area contributed by atoms with Gasteiger partial charge >= 0.3 is 5.91 Å². The van der Waals surface area contributed by atoms with Crippen molar-refractivity contribution in [1.82, 2.24) is 4.72 Å². The molecule has 168 valence electrons. The first-order valence-electron chi connectivity index (χ1n) is 10.9. The van der Waals surface area contributed by atoms with E-state index >= 15 is 0 Å². The Balaban J connectivity index is 1.40. The molecule has 33 heavy (non-hydrogen) atoms. The molecule has 0 atom stereocenters. The summed E-state index contributed by atoms with van der Waals surface area (Å²) in [5.74, 6) is -0.109. The zero-order chi connectivity index (χ0) is 23.0. The van der Waals surface area contributed by atoms with Gasteiger partial charge in [0.15, 0.2) is 5.76 Å². The maximum absolute atomic E-state index is 13.1. The minimum Gasteiger partial charge on any atom is -0.451 e. The summed E-state index contributed by atoms with van der Waals surface area (Å²) in [6.45, 7) is 0.985. The van der Waals surface area contributed by atoms with E-state index in [0.717, 1.165) is 29.1 Å². The molecule has 1 amide bonds. The van der Waals surface area contributed by atoms with Gasteiger partial charge in [0.05, 0.1) is 4.90 Å². The van der Waals surface area contributed by atoms with Crippen LogP contribution < -0.4 is 9.62 Å². The second-order valence-corrected chi connectivity index (χ2v) is 10.1. The summed E-state index contributed by atoms with van der Waals surface area (Å²) in [6, 6.07) is 23.1. The van der Waals surface area contributed by atoms with E-state index in [1.165, 1.54) is 18.9 Å². The maximum atomic E-state index is 13.1. The number of fused-ring (bicyclic) bond motifs is 1. The molecular formula is C26H24N2O4S. The monoisotopic (exact) mass is 460 g/mol. The molecule has 0 unspecified atom stereocenters. The maximum Gasteiger partial charge on any atom is 0.300 e. The Kier molecular flexibility index (Phi) is 5.42. The highest BCUT2D eigenvalue weighted by Crippen LogP contribution is 2.32. The number of nitrogens with zero attached hydrogens (tertiary/aromatic N) is 1. The fraction of sp³-hybridized carbons (Fsp3) is 0.192. The van der Waals surface area contributed by atoms with Crippen molar-refractivity contribution < 1.29 is 17.6 Å². The molecule has 0 aliphatic heterocycles. The van der Waals surface area contributed by atoms with E-state index in [1.807, 2.05) is 55.6 Å². The molecule has 0 bridgehead atoms. The van der Waals surface area contributed by atoms with Crippen LogP contribution in [-0.4, -0.2) is 27.9 Å². The zero-order valence-electron chi connectivity index (χ0n) is 18.2. The standard InChI is InChI=1S/C26H24N2O4S/c1-28(17-18-11-12-18)21-14-13-20-15-24(32-23(20)16-21)26(29)27-33(30,31)25-10-6-5-9-22(25)19-7-3-2-4-8-19/h2-10,13-16,18H,11-12,17H2,1H3,(H,27,29). The summed E-state index contributed by atoms with van der Waals surface area (Å²) < 4.78 is 34.1. The lowest BCUT2D eigenvalue weighted by molar-refractivity contribution is 0.0956. The number of hydrogen-bond acceptors (Lipinski definition) is 5. The Morgan fingerprint density at radius 3 is 2.48 bits per heavy atom. The van der Waals surface area contributed by atoms with Gasteiger partial charge in [-0.3, -0.25) is 4.79 Å². The number of carbonyl (C=O) groups excluding carboxylic acids is 1. The molecule has 3 aromatic carbocycles. The zero-order valence-corrected chi connectivity index (χ0v) is 19.0. The number of nitrogens with one attached hydrogen (secondary N) is 1. The molecule has 1 aliphatic rings. The predicted molar refractivity (Wildman–Crippen MR) is 129 cm³/mol. The average molecular weight is 461 g/mol. The van der Waals surface area contributed by atoms with E-state index in [2.05, 4.69) is 9.62 Å². The molecule has 1 saturated carbocycles. The number of hydrogen-bond donors (Lipinski definition) is 1. The Bertz CT molecular complexity index is 1420. The number of anilines is 1. The molecule has 0 spiro atoms. The van der Waals surface area contributed by atoms with Crippen LogP contribution in [0.2, 0.25) is 0 Å². The lowest BCUT2D eigenvalue weighted by Gasteiger charge is -2.18. The number of amides is 1. The molecule has 7 heteroatoms. The normalized spacial score (nSPS) is 13.7. The van der Waals surface area contributed by atoms with Gasteiger partial charge in [-0.05, 0) is 48.6 Å². The molecular weight excluding hydrogens is 436 g/mol. The number of furan rings is 1. The Morgan fingerprint density at radius 1 is 1.00 bits per heavy atom. The summed E-state index contributed by atoms with van der Waals surface area (Å²) in [4.78, 5) is 15.0. The van der Waals surface area contributed by atoms with Gasteiger partial charge in [0, 0.05) is 36.3 Å². The molecule has 1 heterocycles. The van der Waals surface area contributed by atoms with E-state index in [-0.39, 0.29) is 10.7 Å². The van der Waals surface area contributed by atoms with Crippen molar-refractivity contribution in [3.05, 3.63) is 84.6 Å². The highest BCUT2D eigenvalue weighted by atomic mass is 32.2. The number of sulfonamides is 1. The van der Waals surface area contributed by atoms with Gasteiger partial charge < -0.3 is 9.32 Å². The third kappa shape index (κ3) is 4.50. The van der Waals surface area contributed by atoms with Crippen LogP contribution in [0.1, 0.15) is 23.4 Å². The van der Waals surface area contributed by atoms with Crippen LogP contribution in [0.4, 0.5) is 5.69 Å². The summed E-state index contributed by atoms with van der Waals surface area (Å²) in [6.07, 6.45) is 2.53. The van der Waals surface area contributed by atoms with Crippen LogP contribution >= 0.6 is 0 Å². The highest BCUT2D eigenvalue weighted by molar-refractivity contribution is 7.90. The summed E-state index contributed by atoms with van der Waals surface area (Å²) in [5, 5.41) is 0.741. The second kappa shape index (κ2) is 8.41. The van der Waals surface area contributed by atoms with Gasteiger partial charge in [-0.1, -0.05) is 48.5 Å². The van der Waals surface area contributed by atoms with Gasteiger partial charge in [0.2, 0.25) is 0 Å². The van der Waals surface area contributed by atoms with Crippen LogP contribution in [0.25, 0.3) is 22.1 Å². The largest absolute Gasteiger partial charge is 0.451 e. The number of carbonyl (C=O) groups is 1. The topological polar surface area (TPSA) is 79.6 Å². The van der Waals surface area contributed by atoms with E-state index < -0.39 is 15.9 Å².